The molecule has 8 aromatic carbocycles. The van der Waals surface area contributed by atoms with Crippen LogP contribution in [0.2, 0.25) is 0 Å². The predicted molar refractivity (Wildman–Crippen MR) is 306 cm³/mol. The number of hydrogen-bond acceptors (Lipinski definition) is 29. The fourth-order valence-corrected chi connectivity index (χ4v) is 12.3. The Kier molecular flexibility index (Phi) is 20.2. The van der Waals surface area contributed by atoms with Crippen molar-refractivity contribution in [3.63, 3.8) is 0 Å². The molecule has 87 heavy (non-hydrogen) atoms. The van der Waals surface area contributed by atoms with Gasteiger partial charge in [0, 0.05) is 32.9 Å². The molecule has 0 aliphatic heterocycles. The van der Waals surface area contributed by atoms with Crippen molar-refractivity contribution in [3.05, 3.63) is 148 Å². The molecule has 454 valence electrons. The van der Waals surface area contributed by atoms with Gasteiger partial charge in [0.2, 0.25) is 5.69 Å². The first-order valence-electron chi connectivity index (χ1n) is 23.2. The number of nitrogens with zero attached hydrogens (tertiary/aromatic N) is 6. The zero-order valence-electron chi connectivity index (χ0n) is 42.9. The monoisotopic (exact) mass is 1330 g/mol. The Balaban J connectivity index is 1.06. The summed E-state index contributed by atoms with van der Waals surface area (Å²) >= 11 is 1.25. The van der Waals surface area contributed by atoms with Gasteiger partial charge in [-0.25, -0.2) is 15.8 Å². The first-order valence-corrected chi connectivity index (χ1v) is 31.2. The predicted octanol–water partition coefficient (Wildman–Crippen LogP) is 12.8. The number of fused-ring (bicyclic) bond motifs is 2. The van der Waals surface area contributed by atoms with Gasteiger partial charge >= 0.3 is 0 Å². The Labute approximate surface area is 501 Å². The van der Waals surface area contributed by atoms with E-state index in [1.54, 1.807) is 13.0 Å². The lowest BCUT2D eigenvalue weighted by molar-refractivity contribution is -0.435. The van der Waals surface area contributed by atoms with Crippen LogP contribution < -0.4 is 0 Å². The number of aromatic hydroxyl groups is 3. The summed E-state index contributed by atoms with van der Waals surface area (Å²) in [6, 6.07) is 22.2. The molecule has 0 bridgehead atoms. The van der Waals surface area contributed by atoms with Gasteiger partial charge in [0.05, 0.1) is 62.7 Å². The van der Waals surface area contributed by atoms with Gasteiger partial charge in [0.25, 0.3) is 40.5 Å². The van der Waals surface area contributed by atoms with E-state index < -0.39 is 88.3 Å². The molecule has 0 unspecified atom stereocenters. The average Bonchev–Trinajstić information content (AvgIpc) is 1.000. The van der Waals surface area contributed by atoms with Crippen molar-refractivity contribution in [1.29, 1.82) is 0 Å². The molecule has 0 heterocycles. The van der Waals surface area contributed by atoms with E-state index in [1.807, 2.05) is 0 Å². The topological polar surface area (TPSA) is 482 Å². The SMILES string of the molecule is Cc1ccc(O)c2c(O)c(N=Nc3ccc(/C=C/c4ccc(N=[N+]([O-])c5ccc(/C=C/c6ccc(N=Nc7c(S(=O)(=O)O)cc8c(S(=O)(=O)O)cccc8c7O)cc6S(=O)(=O)O)c(SOOO)c5)cc4S(=O)(=O)O)c(SOOO)c3)c(SOOO)cc12. The van der Waals surface area contributed by atoms with Crippen molar-refractivity contribution < 1.29 is 116 Å². The summed E-state index contributed by atoms with van der Waals surface area (Å²) < 4.78 is 153. The highest BCUT2D eigenvalue weighted by atomic mass is 32.2. The molecule has 0 spiro atoms. The van der Waals surface area contributed by atoms with Gasteiger partial charge < -0.3 is 20.5 Å². The smallest absolute Gasteiger partial charge is 0.296 e. The molecule has 8 aromatic rings. The minimum absolute atomic E-state index is 0.0292. The highest BCUT2D eigenvalue weighted by molar-refractivity contribution is 7.95. The lowest BCUT2D eigenvalue weighted by Crippen LogP contribution is -2.02. The van der Waals surface area contributed by atoms with E-state index in [1.165, 1.54) is 72.8 Å². The molecular weight excluding hydrogens is 1300 g/mol. The Morgan fingerprint density at radius 2 is 0.943 bits per heavy atom. The molecule has 0 saturated carbocycles. The summed E-state index contributed by atoms with van der Waals surface area (Å²) in [5.74, 6) is -1.81. The molecule has 0 radical (unpaired) electrons. The summed E-state index contributed by atoms with van der Waals surface area (Å²) in [7, 11) is -20.5. The van der Waals surface area contributed by atoms with Gasteiger partial charge in [-0.2, -0.15) is 43.9 Å². The van der Waals surface area contributed by atoms with E-state index >= 15 is 0 Å². The van der Waals surface area contributed by atoms with Crippen LogP contribution in [0.5, 0.6) is 17.2 Å². The first kappa shape index (κ1) is 65.1. The first-order chi connectivity index (χ1) is 41.1. The standard InChI is InChI=1S/C49H36N6O25S7/c1-25-5-18-37(56)45-35(25)23-40(83-80-77-62)46(49(45)58)52-50-30-14-10-26(38(19-30)81-78-75-60)6-8-29-12-16-32(21-43(29)86(69,70)71)54-55(59)33-17-13-27(39(22-33)82-79-76-61)7-9-28-11-15-31(20-42(28)85(66,67)68)51-53-47-44(87(72,73)74)24-36-34(48(47)57)3-2-4-41(36)84(63,64)65/h2-24,56-58,60-62H,1H3,(H,63,64,65)(H,66,67,68)(H,69,70,71)(H,72,73,74)/b8-6+,9-7+,52-50?,53-51?,55-54?. The molecule has 0 aromatic heterocycles. The average molecular weight is 1330 g/mol. The Morgan fingerprint density at radius 3 is 1.51 bits per heavy atom. The van der Waals surface area contributed by atoms with Gasteiger partial charge in [0.15, 0.2) is 11.5 Å². The Morgan fingerprint density at radius 1 is 0.460 bits per heavy atom. The maximum atomic E-state index is 13.5. The molecule has 8 rings (SSSR count). The van der Waals surface area contributed by atoms with Crippen LogP contribution in [0.3, 0.4) is 0 Å². The molecule has 0 saturated heterocycles. The van der Waals surface area contributed by atoms with Gasteiger partial charge in [-0.05, 0) is 107 Å². The fourth-order valence-electron chi connectivity index (χ4n) is 8.04. The normalized spacial score (nSPS) is 13.0. The molecule has 38 heteroatoms. The van der Waals surface area contributed by atoms with Gasteiger partial charge in [-0.3, -0.25) is 18.2 Å². The van der Waals surface area contributed by atoms with Crippen LogP contribution >= 0.6 is 36.1 Å². The van der Waals surface area contributed by atoms with Crippen molar-refractivity contribution in [2.75, 3.05) is 0 Å². The van der Waals surface area contributed by atoms with E-state index in [4.69, 9.17) is 15.8 Å². The summed E-state index contributed by atoms with van der Waals surface area (Å²) in [6.45, 7) is 1.72. The van der Waals surface area contributed by atoms with Crippen molar-refractivity contribution in [2.24, 2.45) is 25.6 Å². The van der Waals surface area contributed by atoms with E-state index in [0.29, 0.717) is 53.1 Å². The second kappa shape index (κ2) is 27.0. The zero-order chi connectivity index (χ0) is 63.2. The maximum Gasteiger partial charge on any atom is 0.296 e. The molecule has 0 aliphatic rings. The van der Waals surface area contributed by atoms with E-state index in [9.17, 15) is 72.4 Å². The number of aryl methyl sites for hydroxylation is 1. The van der Waals surface area contributed by atoms with Crippen LogP contribution in [0.15, 0.2) is 175 Å². The summed E-state index contributed by atoms with van der Waals surface area (Å²) in [6.07, 6.45) is 4.99. The number of azo groups is 3. The third-order valence-corrected chi connectivity index (χ3v) is 17.4. The molecule has 0 atom stereocenters. The number of rotatable bonds is 23. The second-order valence-electron chi connectivity index (χ2n) is 17.2. The van der Waals surface area contributed by atoms with Crippen molar-refractivity contribution in [3.8, 4) is 17.2 Å². The van der Waals surface area contributed by atoms with E-state index in [2.05, 4.69) is 53.7 Å². The number of phenols is 3. The third kappa shape index (κ3) is 15.4. The van der Waals surface area contributed by atoms with Crippen LogP contribution in [-0.4, -0.2) is 87.8 Å². The van der Waals surface area contributed by atoms with Crippen molar-refractivity contribution >= 4 is 157 Å². The zero-order valence-corrected chi connectivity index (χ0v) is 48.6. The summed E-state index contributed by atoms with van der Waals surface area (Å²) in [4.78, 5) is -3.30. The number of hydrogen-bond donors (Lipinski definition) is 10. The second-order valence-corrected chi connectivity index (χ2v) is 25.0. The van der Waals surface area contributed by atoms with Crippen LogP contribution in [0.4, 0.5) is 34.1 Å². The van der Waals surface area contributed by atoms with Crippen molar-refractivity contribution in [1.82, 2.24) is 0 Å². The quantitative estimate of drug-likeness (QED) is 0.00541. The summed E-state index contributed by atoms with van der Waals surface area (Å²) in [5.41, 5.74) is -1.37. The van der Waals surface area contributed by atoms with Crippen LogP contribution in [-0.2, 0) is 68.6 Å². The third-order valence-electron chi connectivity index (χ3n) is 11.9. The molecular formula is C49H36N6O25S7. The van der Waals surface area contributed by atoms with Gasteiger partial charge in [-0.1, -0.05) is 80.7 Å². The van der Waals surface area contributed by atoms with Crippen LogP contribution in [0.1, 0.15) is 27.8 Å². The maximum absolute atomic E-state index is 13.5. The molecule has 0 amide bonds. The Bertz CT molecular complexity index is 4690. The molecule has 31 nitrogen and oxygen atoms in total. The fraction of sp³-hybridized carbons (Fsp3) is 0.0204. The van der Waals surface area contributed by atoms with Crippen LogP contribution in [0.25, 0.3) is 45.8 Å². The highest BCUT2D eigenvalue weighted by Gasteiger charge is 2.27. The van der Waals surface area contributed by atoms with Crippen molar-refractivity contribution in [2.45, 2.75) is 41.2 Å². The highest BCUT2D eigenvalue weighted by Crippen LogP contribution is 2.48. The minimum atomic E-state index is -5.30. The summed E-state index contributed by atoms with van der Waals surface area (Å²) in [5, 5.41) is 103. The Hall–Kier alpha value is -7.91. The lowest BCUT2D eigenvalue weighted by Gasteiger charge is -2.12. The molecule has 0 fully saturated rings. The van der Waals surface area contributed by atoms with Gasteiger partial charge in [0.1, 0.15) is 42.4 Å². The number of benzene rings is 8. The van der Waals surface area contributed by atoms with E-state index in [-0.39, 0.29) is 81.1 Å². The molecule has 10 N–H and O–H groups in total. The number of phenolic OH excluding ortho intramolecular Hbond substituents is 3. The molecule has 0 aliphatic carbocycles. The van der Waals surface area contributed by atoms with E-state index in [0.717, 1.165) is 54.6 Å². The largest absolute Gasteiger partial charge is 0.594 e. The minimum Gasteiger partial charge on any atom is -0.594 e. The van der Waals surface area contributed by atoms with Gasteiger partial charge in [-0.15, -0.1) is 23.2 Å². The lowest BCUT2D eigenvalue weighted by atomic mass is 10.0. The van der Waals surface area contributed by atoms with Crippen LogP contribution in [0, 0.1) is 12.1 Å².